The number of allylic oxidation sites excluding steroid dienone is 1. The van der Waals surface area contributed by atoms with E-state index in [2.05, 4.69) is 13.0 Å². The van der Waals surface area contributed by atoms with Gasteiger partial charge in [0.1, 0.15) is 6.29 Å². The van der Waals surface area contributed by atoms with Crippen molar-refractivity contribution in [3.05, 3.63) is 12.2 Å². The summed E-state index contributed by atoms with van der Waals surface area (Å²) in [6.45, 7) is 4.96. The highest BCUT2D eigenvalue weighted by molar-refractivity contribution is 5.63. The minimum Gasteiger partial charge on any atom is -0.377 e. The van der Waals surface area contributed by atoms with Crippen LogP contribution in [-0.2, 0) is 9.53 Å². The monoisotopic (exact) mass is 224 g/mol. The maximum atomic E-state index is 11.3. The lowest BCUT2D eigenvalue weighted by Gasteiger charge is -2.33. The van der Waals surface area contributed by atoms with Crippen LogP contribution in [0.25, 0.3) is 0 Å². The second-order valence-corrected chi connectivity index (χ2v) is 4.88. The van der Waals surface area contributed by atoms with E-state index in [-0.39, 0.29) is 6.10 Å². The first kappa shape index (κ1) is 13.4. The summed E-state index contributed by atoms with van der Waals surface area (Å²) >= 11 is 0. The molecule has 1 saturated heterocycles. The predicted molar refractivity (Wildman–Crippen MR) is 66.4 cm³/mol. The van der Waals surface area contributed by atoms with Crippen LogP contribution in [0.15, 0.2) is 12.2 Å². The standard InChI is InChI=1S/C14H24O2/c1-3-4-5-7-10-14(2,12-15)13-9-6-8-11-16-13/h7,10,12-13H,3-6,8-9,11H2,1-2H3/b10-7+/t13-,14-/m1/s1. The van der Waals surface area contributed by atoms with E-state index in [1.54, 1.807) is 0 Å². The Hall–Kier alpha value is -0.630. The van der Waals surface area contributed by atoms with Crippen LogP contribution in [0.2, 0.25) is 0 Å². The first-order valence-corrected chi connectivity index (χ1v) is 6.48. The maximum Gasteiger partial charge on any atom is 0.132 e. The lowest BCUT2D eigenvalue weighted by atomic mass is 9.81. The van der Waals surface area contributed by atoms with Crippen molar-refractivity contribution in [3.8, 4) is 0 Å². The van der Waals surface area contributed by atoms with Gasteiger partial charge in [0.25, 0.3) is 0 Å². The molecule has 0 N–H and O–H groups in total. The summed E-state index contributed by atoms with van der Waals surface area (Å²) in [6, 6.07) is 0. The molecule has 0 spiro atoms. The molecule has 0 bridgehead atoms. The number of rotatable bonds is 6. The minimum atomic E-state index is -0.422. The Morgan fingerprint density at radius 3 is 2.81 bits per heavy atom. The average molecular weight is 224 g/mol. The van der Waals surface area contributed by atoms with Crippen molar-refractivity contribution in [2.75, 3.05) is 6.61 Å². The quantitative estimate of drug-likeness (QED) is 0.392. The van der Waals surface area contributed by atoms with Crippen molar-refractivity contribution in [2.45, 2.75) is 58.5 Å². The van der Waals surface area contributed by atoms with Gasteiger partial charge in [0.15, 0.2) is 0 Å². The molecule has 0 aromatic heterocycles. The molecule has 0 saturated carbocycles. The van der Waals surface area contributed by atoms with Crippen molar-refractivity contribution in [3.63, 3.8) is 0 Å². The summed E-state index contributed by atoms with van der Waals surface area (Å²) in [5, 5.41) is 0. The zero-order chi connectivity index (χ0) is 11.9. The third kappa shape index (κ3) is 3.75. The van der Waals surface area contributed by atoms with Gasteiger partial charge in [0, 0.05) is 6.61 Å². The van der Waals surface area contributed by atoms with E-state index in [1.165, 1.54) is 19.3 Å². The van der Waals surface area contributed by atoms with E-state index in [4.69, 9.17) is 4.74 Å². The van der Waals surface area contributed by atoms with Crippen molar-refractivity contribution >= 4 is 6.29 Å². The maximum absolute atomic E-state index is 11.3. The zero-order valence-electron chi connectivity index (χ0n) is 10.6. The molecule has 0 amide bonds. The highest BCUT2D eigenvalue weighted by atomic mass is 16.5. The second-order valence-electron chi connectivity index (χ2n) is 4.88. The van der Waals surface area contributed by atoms with Gasteiger partial charge in [0.2, 0.25) is 0 Å². The molecule has 1 aliphatic heterocycles. The van der Waals surface area contributed by atoms with Gasteiger partial charge in [-0.15, -0.1) is 0 Å². The van der Waals surface area contributed by atoms with Crippen LogP contribution in [0.4, 0.5) is 0 Å². The largest absolute Gasteiger partial charge is 0.377 e. The summed E-state index contributed by atoms with van der Waals surface area (Å²) in [5.41, 5.74) is -0.422. The van der Waals surface area contributed by atoms with E-state index in [0.717, 1.165) is 32.2 Å². The fourth-order valence-electron chi connectivity index (χ4n) is 2.11. The summed E-state index contributed by atoms with van der Waals surface area (Å²) in [7, 11) is 0. The lowest BCUT2D eigenvalue weighted by molar-refractivity contribution is -0.123. The van der Waals surface area contributed by atoms with Crippen molar-refractivity contribution < 1.29 is 9.53 Å². The summed E-state index contributed by atoms with van der Waals surface area (Å²) in [6.07, 6.45) is 12.1. The molecular weight excluding hydrogens is 200 g/mol. The molecule has 1 heterocycles. The van der Waals surface area contributed by atoms with Crippen molar-refractivity contribution in [1.29, 1.82) is 0 Å². The van der Waals surface area contributed by atoms with E-state index in [1.807, 2.05) is 13.0 Å². The first-order chi connectivity index (χ1) is 7.73. The third-order valence-corrected chi connectivity index (χ3v) is 3.33. The number of carbonyl (C=O) groups is 1. The van der Waals surface area contributed by atoms with E-state index in [0.29, 0.717) is 0 Å². The molecule has 2 heteroatoms. The van der Waals surface area contributed by atoms with Crippen LogP contribution in [0.3, 0.4) is 0 Å². The number of unbranched alkanes of at least 4 members (excludes halogenated alkanes) is 2. The Balaban J connectivity index is 2.53. The Morgan fingerprint density at radius 1 is 1.44 bits per heavy atom. The van der Waals surface area contributed by atoms with Gasteiger partial charge in [-0.05, 0) is 32.6 Å². The fraction of sp³-hybridized carbons (Fsp3) is 0.786. The van der Waals surface area contributed by atoms with Crippen LogP contribution >= 0.6 is 0 Å². The number of ether oxygens (including phenoxy) is 1. The summed E-state index contributed by atoms with van der Waals surface area (Å²) < 4.78 is 5.71. The topological polar surface area (TPSA) is 26.3 Å². The zero-order valence-corrected chi connectivity index (χ0v) is 10.6. The van der Waals surface area contributed by atoms with Gasteiger partial charge in [-0.2, -0.15) is 0 Å². The number of carbonyl (C=O) groups excluding carboxylic acids is 1. The number of hydrogen-bond acceptors (Lipinski definition) is 2. The fourth-order valence-corrected chi connectivity index (χ4v) is 2.11. The van der Waals surface area contributed by atoms with E-state index < -0.39 is 5.41 Å². The second kappa shape index (κ2) is 6.85. The summed E-state index contributed by atoms with van der Waals surface area (Å²) in [4.78, 5) is 11.3. The van der Waals surface area contributed by atoms with Crippen LogP contribution < -0.4 is 0 Å². The van der Waals surface area contributed by atoms with E-state index in [9.17, 15) is 4.79 Å². The number of aldehydes is 1. The molecule has 2 nitrogen and oxygen atoms in total. The molecule has 0 unspecified atom stereocenters. The molecule has 1 rings (SSSR count). The molecule has 1 fully saturated rings. The highest BCUT2D eigenvalue weighted by Crippen LogP contribution is 2.30. The third-order valence-electron chi connectivity index (χ3n) is 3.33. The lowest BCUT2D eigenvalue weighted by Crippen LogP contribution is -2.36. The van der Waals surface area contributed by atoms with Crippen LogP contribution in [0, 0.1) is 5.41 Å². The molecule has 0 aliphatic carbocycles. The smallest absolute Gasteiger partial charge is 0.132 e. The Morgan fingerprint density at radius 2 is 2.25 bits per heavy atom. The Kier molecular flexibility index (Phi) is 5.75. The van der Waals surface area contributed by atoms with Crippen LogP contribution in [0.5, 0.6) is 0 Å². The number of hydrogen-bond donors (Lipinski definition) is 0. The Labute approximate surface area is 99.1 Å². The molecular formula is C14H24O2. The van der Waals surface area contributed by atoms with Gasteiger partial charge in [-0.3, -0.25) is 0 Å². The van der Waals surface area contributed by atoms with Crippen LogP contribution in [0.1, 0.15) is 52.4 Å². The van der Waals surface area contributed by atoms with Gasteiger partial charge >= 0.3 is 0 Å². The van der Waals surface area contributed by atoms with Crippen LogP contribution in [-0.4, -0.2) is 19.0 Å². The van der Waals surface area contributed by atoms with Gasteiger partial charge in [-0.1, -0.05) is 31.9 Å². The molecule has 0 aromatic carbocycles. The molecule has 0 radical (unpaired) electrons. The Bertz CT molecular complexity index is 229. The normalized spacial score (nSPS) is 25.5. The SMILES string of the molecule is CCCC/C=C/[C@](C)(C=O)[C@H]1CCCCO1. The van der Waals surface area contributed by atoms with E-state index >= 15 is 0 Å². The minimum absolute atomic E-state index is 0.0802. The summed E-state index contributed by atoms with van der Waals surface area (Å²) in [5.74, 6) is 0. The van der Waals surface area contributed by atoms with Gasteiger partial charge in [-0.25, -0.2) is 0 Å². The average Bonchev–Trinajstić information content (AvgIpc) is 2.35. The van der Waals surface area contributed by atoms with Gasteiger partial charge in [0.05, 0.1) is 11.5 Å². The molecule has 2 atom stereocenters. The highest BCUT2D eigenvalue weighted by Gasteiger charge is 2.33. The van der Waals surface area contributed by atoms with Gasteiger partial charge < -0.3 is 9.53 Å². The first-order valence-electron chi connectivity index (χ1n) is 6.48. The molecule has 92 valence electrons. The molecule has 0 aromatic rings. The predicted octanol–water partition coefficient (Wildman–Crippen LogP) is 3.51. The van der Waals surface area contributed by atoms with Crippen molar-refractivity contribution in [1.82, 2.24) is 0 Å². The molecule has 1 aliphatic rings. The molecule has 16 heavy (non-hydrogen) atoms. The van der Waals surface area contributed by atoms with Crippen molar-refractivity contribution in [2.24, 2.45) is 5.41 Å².